The zero-order valence-electron chi connectivity index (χ0n) is 15.7. The van der Waals surface area contributed by atoms with Gasteiger partial charge in [0.05, 0.1) is 16.5 Å². The molecule has 1 saturated carbocycles. The van der Waals surface area contributed by atoms with Gasteiger partial charge in [-0.25, -0.2) is 18.2 Å². The van der Waals surface area contributed by atoms with Crippen LogP contribution < -0.4 is 10.1 Å². The van der Waals surface area contributed by atoms with Crippen LogP contribution in [0.2, 0.25) is 5.15 Å². The normalized spacial score (nSPS) is 27.9. The number of pyridine rings is 1. The van der Waals surface area contributed by atoms with Gasteiger partial charge in [0.25, 0.3) is 0 Å². The molecule has 6 nitrogen and oxygen atoms in total. The molecular formula is C19H21ClF3N5O. The van der Waals surface area contributed by atoms with E-state index < -0.39 is 24.2 Å². The predicted molar refractivity (Wildman–Crippen MR) is 102 cm³/mol. The van der Waals surface area contributed by atoms with Crippen molar-refractivity contribution in [3.63, 3.8) is 0 Å². The summed E-state index contributed by atoms with van der Waals surface area (Å²) in [4.78, 5) is 14.5. The SMILES string of the molecule is FCC1(Nc2nc(OC[C@@]34CCCN3C[C@H](F)C4)nc3c(F)c(Cl)ncc23)CC1. The molecule has 0 radical (unpaired) electrons. The van der Waals surface area contributed by atoms with Crippen molar-refractivity contribution < 1.29 is 17.9 Å². The van der Waals surface area contributed by atoms with Crippen molar-refractivity contribution in [1.29, 1.82) is 0 Å². The minimum Gasteiger partial charge on any atom is -0.461 e. The van der Waals surface area contributed by atoms with Gasteiger partial charge in [-0.3, -0.25) is 4.90 Å². The summed E-state index contributed by atoms with van der Waals surface area (Å²) in [5.74, 6) is -0.520. The summed E-state index contributed by atoms with van der Waals surface area (Å²) in [7, 11) is 0. The van der Waals surface area contributed by atoms with Crippen LogP contribution in [0.3, 0.4) is 0 Å². The fourth-order valence-corrected chi connectivity index (χ4v) is 4.65. The van der Waals surface area contributed by atoms with Crippen LogP contribution in [0.15, 0.2) is 6.20 Å². The van der Waals surface area contributed by atoms with Gasteiger partial charge in [-0.1, -0.05) is 11.6 Å². The first-order chi connectivity index (χ1) is 13.9. The Morgan fingerprint density at radius 3 is 2.90 bits per heavy atom. The van der Waals surface area contributed by atoms with E-state index in [2.05, 4.69) is 25.2 Å². The zero-order chi connectivity index (χ0) is 20.2. The second-order valence-corrected chi connectivity index (χ2v) is 8.74. The summed E-state index contributed by atoms with van der Waals surface area (Å²) in [6.45, 7) is 0.898. The molecule has 4 heterocycles. The van der Waals surface area contributed by atoms with Crippen LogP contribution >= 0.6 is 11.6 Å². The summed E-state index contributed by atoms with van der Waals surface area (Å²) >= 11 is 5.82. The first-order valence-electron chi connectivity index (χ1n) is 9.82. The number of hydrogen-bond acceptors (Lipinski definition) is 6. The molecular weight excluding hydrogens is 407 g/mol. The van der Waals surface area contributed by atoms with Crippen LogP contribution in [0, 0.1) is 5.82 Å². The Bertz CT molecular complexity index is 959. The van der Waals surface area contributed by atoms with E-state index in [0.717, 1.165) is 19.4 Å². The third kappa shape index (κ3) is 3.28. The molecule has 3 aliphatic rings. The Balaban J connectivity index is 1.48. The van der Waals surface area contributed by atoms with E-state index in [9.17, 15) is 13.2 Å². The predicted octanol–water partition coefficient (Wildman–Crippen LogP) is 3.69. The smallest absolute Gasteiger partial charge is 0.319 e. The lowest BCUT2D eigenvalue weighted by atomic mass is 9.95. The fraction of sp³-hybridized carbons (Fsp3) is 0.632. The average Bonchev–Trinajstić information content (AvgIpc) is 3.26. The monoisotopic (exact) mass is 427 g/mol. The number of halogens is 4. The standard InChI is InChI=1S/C19H21ClF3N5O/c20-15-13(23)14-12(7-24-15)16(27-18(9-21)3-4-18)26-17(25-14)29-10-19-2-1-5-28(19)8-11(22)6-19/h7,11H,1-6,8-10H2,(H,25,26,27)/t11-,19+/m1/s1. The number of hydrogen-bond donors (Lipinski definition) is 1. The molecule has 2 aromatic heterocycles. The molecule has 0 spiro atoms. The van der Waals surface area contributed by atoms with Crippen molar-refractivity contribution in [3.05, 3.63) is 17.2 Å². The Morgan fingerprint density at radius 1 is 1.31 bits per heavy atom. The summed E-state index contributed by atoms with van der Waals surface area (Å²) in [6, 6.07) is -0.0423. The van der Waals surface area contributed by atoms with Gasteiger partial charge in [-0.05, 0) is 32.2 Å². The second-order valence-electron chi connectivity index (χ2n) is 8.38. The Morgan fingerprint density at radius 2 is 2.14 bits per heavy atom. The van der Waals surface area contributed by atoms with Gasteiger partial charge in [0.1, 0.15) is 30.8 Å². The van der Waals surface area contributed by atoms with Crippen molar-refractivity contribution in [2.24, 2.45) is 0 Å². The summed E-state index contributed by atoms with van der Waals surface area (Å²) in [5, 5.41) is 3.06. The van der Waals surface area contributed by atoms with E-state index in [1.807, 2.05) is 0 Å². The molecule has 2 atom stereocenters. The molecule has 5 rings (SSSR count). The molecule has 29 heavy (non-hydrogen) atoms. The Kier molecular flexibility index (Phi) is 4.51. The highest BCUT2D eigenvalue weighted by Crippen LogP contribution is 2.42. The van der Waals surface area contributed by atoms with Gasteiger partial charge in [-0.2, -0.15) is 9.97 Å². The minimum absolute atomic E-state index is 0.0391. The summed E-state index contributed by atoms with van der Waals surface area (Å²) in [5.41, 5.74) is -1.11. The molecule has 1 N–H and O–H groups in total. The van der Waals surface area contributed by atoms with Crippen LogP contribution in [-0.4, -0.2) is 63.5 Å². The third-order valence-electron chi connectivity index (χ3n) is 6.34. The molecule has 2 aromatic rings. The molecule has 3 fully saturated rings. The van der Waals surface area contributed by atoms with E-state index >= 15 is 0 Å². The van der Waals surface area contributed by atoms with Crippen molar-refractivity contribution in [2.45, 2.75) is 49.4 Å². The number of ether oxygens (including phenoxy) is 1. The largest absolute Gasteiger partial charge is 0.461 e. The number of nitrogens with zero attached hydrogens (tertiary/aromatic N) is 4. The Labute approximate surface area is 170 Å². The van der Waals surface area contributed by atoms with Crippen LogP contribution in [0.1, 0.15) is 32.1 Å². The summed E-state index contributed by atoms with van der Waals surface area (Å²) in [6.07, 6.45) is 4.02. The van der Waals surface area contributed by atoms with Crippen LogP contribution in [-0.2, 0) is 0 Å². The first-order valence-corrected chi connectivity index (χ1v) is 10.2. The maximum absolute atomic E-state index is 14.6. The van der Waals surface area contributed by atoms with Gasteiger partial charge < -0.3 is 10.1 Å². The maximum atomic E-state index is 14.6. The topological polar surface area (TPSA) is 63.2 Å². The number of rotatable bonds is 6. The molecule has 0 amide bonds. The molecule has 0 aromatic carbocycles. The highest BCUT2D eigenvalue weighted by Gasteiger charge is 2.49. The molecule has 1 aliphatic carbocycles. The van der Waals surface area contributed by atoms with E-state index in [1.54, 1.807) is 0 Å². The van der Waals surface area contributed by atoms with Gasteiger partial charge in [0.2, 0.25) is 0 Å². The third-order valence-corrected chi connectivity index (χ3v) is 6.61. The fourth-order valence-electron chi connectivity index (χ4n) is 4.52. The van der Waals surface area contributed by atoms with Gasteiger partial charge >= 0.3 is 6.01 Å². The van der Waals surface area contributed by atoms with Crippen LogP contribution in [0.25, 0.3) is 10.9 Å². The summed E-state index contributed by atoms with van der Waals surface area (Å²) < 4.78 is 47.8. The van der Waals surface area contributed by atoms with Crippen molar-refractivity contribution in [1.82, 2.24) is 19.9 Å². The number of alkyl halides is 2. The molecule has 2 saturated heterocycles. The molecule has 156 valence electrons. The molecule has 10 heteroatoms. The molecule has 2 aliphatic heterocycles. The van der Waals surface area contributed by atoms with Crippen LogP contribution in [0.5, 0.6) is 6.01 Å². The van der Waals surface area contributed by atoms with E-state index in [0.29, 0.717) is 31.2 Å². The van der Waals surface area contributed by atoms with Crippen molar-refractivity contribution in [3.8, 4) is 6.01 Å². The first kappa shape index (κ1) is 19.1. The molecule has 0 bridgehead atoms. The van der Waals surface area contributed by atoms with E-state index in [4.69, 9.17) is 16.3 Å². The van der Waals surface area contributed by atoms with Crippen molar-refractivity contribution in [2.75, 3.05) is 31.7 Å². The number of aromatic nitrogens is 3. The number of fused-ring (bicyclic) bond motifs is 2. The van der Waals surface area contributed by atoms with Crippen molar-refractivity contribution >= 4 is 28.3 Å². The lowest BCUT2D eigenvalue weighted by molar-refractivity contribution is 0.107. The highest BCUT2D eigenvalue weighted by molar-refractivity contribution is 6.30. The highest BCUT2D eigenvalue weighted by atomic mass is 35.5. The van der Waals surface area contributed by atoms with E-state index in [-0.39, 0.29) is 34.6 Å². The van der Waals surface area contributed by atoms with Gasteiger partial charge in [0, 0.05) is 19.2 Å². The lowest BCUT2D eigenvalue weighted by Gasteiger charge is -2.30. The van der Waals surface area contributed by atoms with E-state index in [1.165, 1.54) is 6.20 Å². The zero-order valence-corrected chi connectivity index (χ0v) is 16.5. The second kappa shape index (κ2) is 6.84. The number of nitrogens with one attached hydrogen (secondary N) is 1. The quantitative estimate of drug-likeness (QED) is 0.709. The van der Waals surface area contributed by atoms with Gasteiger partial charge in [0.15, 0.2) is 11.0 Å². The molecule has 0 unspecified atom stereocenters. The lowest BCUT2D eigenvalue weighted by Crippen LogP contribution is -2.43. The van der Waals surface area contributed by atoms with Crippen LogP contribution in [0.4, 0.5) is 19.0 Å². The Hall–Kier alpha value is -1.87. The maximum Gasteiger partial charge on any atom is 0.319 e. The number of anilines is 1. The minimum atomic E-state index is -0.879. The average molecular weight is 428 g/mol. The van der Waals surface area contributed by atoms with Gasteiger partial charge in [-0.15, -0.1) is 0 Å².